The minimum Gasteiger partial charge on any atom is -0.504 e. The second kappa shape index (κ2) is 3.30. The van der Waals surface area contributed by atoms with Gasteiger partial charge in [-0.05, 0) is 18.6 Å². The van der Waals surface area contributed by atoms with E-state index in [1.165, 1.54) is 7.11 Å². The molecule has 0 saturated carbocycles. The molecule has 12 heavy (non-hydrogen) atoms. The summed E-state index contributed by atoms with van der Waals surface area (Å²) in [6, 6.07) is 5.22. The first-order chi connectivity index (χ1) is 5.66. The number of phenols is 1. The molecule has 0 heterocycles. The molecule has 0 aliphatic heterocycles. The Morgan fingerprint density at radius 1 is 1.50 bits per heavy atom. The van der Waals surface area contributed by atoms with Gasteiger partial charge in [0, 0.05) is 5.56 Å². The van der Waals surface area contributed by atoms with Crippen LogP contribution in [0, 0.1) is 0 Å². The second-order valence-corrected chi connectivity index (χ2v) is 2.64. The van der Waals surface area contributed by atoms with Crippen molar-refractivity contribution in [3.8, 4) is 11.5 Å². The van der Waals surface area contributed by atoms with E-state index < -0.39 is 0 Å². The maximum absolute atomic E-state index is 9.37. The number of methoxy groups -OCH3 is 1. The van der Waals surface area contributed by atoms with Gasteiger partial charge in [0.05, 0.1) is 7.11 Å². The molecule has 0 bridgehead atoms. The van der Waals surface area contributed by atoms with Crippen molar-refractivity contribution in [1.29, 1.82) is 0 Å². The zero-order valence-electron chi connectivity index (χ0n) is 7.29. The molecule has 0 aliphatic carbocycles. The molecule has 0 amide bonds. The van der Waals surface area contributed by atoms with Gasteiger partial charge in [-0.25, -0.2) is 0 Å². The minimum atomic E-state index is 0.151. The predicted octanol–water partition coefficient (Wildman–Crippen LogP) is 2.43. The van der Waals surface area contributed by atoms with E-state index in [0.29, 0.717) is 5.75 Å². The standard InChI is InChI=1S/C10H12O2/c1-7(2)8-5-4-6-9(11)10(8)12-3/h4-6,11H,1H2,2-3H3. The van der Waals surface area contributed by atoms with Crippen molar-refractivity contribution in [3.05, 3.63) is 30.3 Å². The van der Waals surface area contributed by atoms with Gasteiger partial charge in [-0.15, -0.1) is 0 Å². The molecule has 1 aromatic rings. The fourth-order valence-electron chi connectivity index (χ4n) is 1.08. The smallest absolute Gasteiger partial charge is 0.167 e. The van der Waals surface area contributed by atoms with Gasteiger partial charge in [-0.3, -0.25) is 0 Å². The SMILES string of the molecule is C=C(C)c1cccc(O)c1OC. The summed E-state index contributed by atoms with van der Waals surface area (Å²) in [6.45, 7) is 5.66. The largest absolute Gasteiger partial charge is 0.504 e. The number of benzene rings is 1. The van der Waals surface area contributed by atoms with Gasteiger partial charge < -0.3 is 9.84 Å². The number of allylic oxidation sites excluding steroid dienone is 1. The lowest BCUT2D eigenvalue weighted by Crippen LogP contribution is -1.89. The van der Waals surface area contributed by atoms with Crippen LogP contribution in [0.15, 0.2) is 24.8 Å². The average molecular weight is 164 g/mol. The monoisotopic (exact) mass is 164 g/mol. The minimum absolute atomic E-state index is 0.151. The fourth-order valence-corrected chi connectivity index (χ4v) is 1.08. The van der Waals surface area contributed by atoms with Gasteiger partial charge in [-0.1, -0.05) is 18.7 Å². The molecule has 0 aromatic heterocycles. The Hall–Kier alpha value is -1.44. The Morgan fingerprint density at radius 2 is 2.17 bits per heavy atom. The van der Waals surface area contributed by atoms with Gasteiger partial charge in [0.2, 0.25) is 0 Å². The van der Waals surface area contributed by atoms with Crippen molar-refractivity contribution in [2.24, 2.45) is 0 Å². The third kappa shape index (κ3) is 1.42. The molecule has 2 heteroatoms. The molecule has 1 rings (SSSR count). The summed E-state index contributed by atoms with van der Waals surface area (Å²) in [6.07, 6.45) is 0. The van der Waals surface area contributed by atoms with Crippen LogP contribution in [-0.2, 0) is 0 Å². The van der Waals surface area contributed by atoms with Gasteiger partial charge in [0.1, 0.15) is 0 Å². The van der Waals surface area contributed by atoms with Crippen LogP contribution in [0.4, 0.5) is 0 Å². The number of hydrogen-bond donors (Lipinski definition) is 1. The first-order valence-corrected chi connectivity index (χ1v) is 3.68. The second-order valence-electron chi connectivity index (χ2n) is 2.64. The summed E-state index contributed by atoms with van der Waals surface area (Å²) in [5, 5.41) is 9.37. The van der Waals surface area contributed by atoms with E-state index >= 15 is 0 Å². The zero-order chi connectivity index (χ0) is 9.14. The van der Waals surface area contributed by atoms with E-state index in [9.17, 15) is 5.11 Å². The maximum atomic E-state index is 9.37. The average Bonchev–Trinajstić information content (AvgIpc) is 2.03. The van der Waals surface area contributed by atoms with Gasteiger partial charge in [-0.2, -0.15) is 0 Å². The number of phenolic OH excluding ortho intramolecular Hbond substituents is 1. The van der Waals surface area contributed by atoms with Crippen LogP contribution in [0.5, 0.6) is 11.5 Å². The molecule has 64 valence electrons. The number of rotatable bonds is 2. The van der Waals surface area contributed by atoms with E-state index in [-0.39, 0.29) is 5.75 Å². The highest BCUT2D eigenvalue weighted by Gasteiger charge is 2.06. The summed E-state index contributed by atoms with van der Waals surface area (Å²) in [5.41, 5.74) is 1.72. The quantitative estimate of drug-likeness (QED) is 0.727. The van der Waals surface area contributed by atoms with Crippen molar-refractivity contribution in [2.75, 3.05) is 7.11 Å². The van der Waals surface area contributed by atoms with Crippen LogP contribution in [0.2, 0.25) is 0 Å². The molecule has 1 N–H and O–H groups in total. The lowest BCUT2D eigenvalue weighted by Gasteiger charge is -2.08. The van der Waals surface area contributed by atoms with E-state index in [1.54, 1.807) is 12.1 Å². The molecule has 1 aromatic carbocycles. The Bertz CT molecular complexity index is 303. The highest BCUT2D eigenvalue weighted by molar-refractivity contribution is 5.69. The van der Waals surface area contributed by atoms with Gasteiger partial charge in [0.15, 0.2) is 11.5 Å². The molecule has 0 fully saturated rings. The van der Waals surface area contributed by atoms with Crippen LogP contribution in [0.25, 0.3) is 5.57 Å². The lowest BCUT2D eigenvalue weighted by atomic mass is 10.1. The molecule has 2 nitrogen and oxygen atoms in total. The first kappa shape index (κ1) is 8.65. The predicted molar refractivity (Wildman–Crippen MR) is 49.4 cm³/mol. The van der Waals surface area contributed by atoms with E-state index in [1.807, 2.05) is 13.0 Å². The lowest BCUT2D eigenvalue weighted by molar-refractivity contribution is 0.372. The van der Waals surface area contributed by atoms with Crippen LogP contribution in [-0.4, -0.2) is 12.2 Å². The number of para-hydroxylation sites is 1. The van der Waals surface area contributed by atoms with E-state index in [2.05, 4.69) is 6.58 Å². The molecule has 0 unspecified atom stereocenters. The van der Waals surface area contributed by atoms with Crippen molar-refractivity contribution in [1.82, 2.24) is 0 Å². The summed E-state index contributed by atoms with van der Waals surface area (Å²) in [7, 11) is 1.53. The fraction of sp³-hybridized carbons (Fsp3) is 0.200. The number of ether oxygens (including phenoxy) is 1. The summed E-state index contributed by atoms with van der Waals surface area (Å²) in [4.78, 5) is 0. The van der Waals surface area contributed by atoms with Crippen molar-refractivity contribution in [2.45, 2.75) is 6.92 Å². The third-order valence-corrected chi connectivity index (χ3v) is 1.66. The first-order valence-electron chi connectivity index (χ1n) is 3.68. The number of aromatic hydroxyl groups is 1. The normalized spacial score (nSPS) is 9.50. The maximum Gasteiger partial charge on any atom is 0.167 e. The third-order valence-electron chi connectivity index (χ3n) is 1.66. The number of hydrogen-bond acceptors (Lipinski definition) is 2. The van der Waals surface area contributed by atoms with Gasteiger partial charge in [0.25, 0.3) is 0 Å². The molecule has 0 atom stereocenters. The highest BCUT2D eigenvalue weighted by atomic mass is 16.5. The molecular formula is C10H12O2. The molecular weight excluding hydrogens is 152 g/mol. The summed E-state index contributed by atoms with van der Waals surface area (Å²) < 4.78 is 5.03. The van der Waals surface area contributed by atoms with Crippen LogP contribution in [0.3, 0.4) is 0 Å². The Balaban J connectivity index is 3.27. The molecule has 0 spiro atoms. The summed E-state index contributed by atoms with van der Waals surface area (Å²) in [5.74, 6) is 0.642. The van der Waals surface area contributed by atoms with Crippen LogP contribution >= 0.6 is 0 Å². The zero-order valence-corrected chi connectivity index (χ0v) is 7.29. The summed E-state index contributed by atoms with van der Waals surface area (Å²) >= 11 is 0. The Morgan fingerprint density at radius 3 is 2.58 bits per heavy atom. The van der Waals surface area contributed by atoms with E-state index in [4.69, 9.17) is 4.74 Å². The van der Waals surface area contributed by atoms with E-state index in [0.717, 1.165) is 11.1 Å². The van der Waals surface area contributed by atoms with Gasteiger partial charge >= 0.3 is 0 Å². The van der Waals surface area contributed by atoms with Crippen LogP contribution < -0.4 is 4.74 Å². The highest BCUT2D eigenvalue weighted by Crippen LogP contribution is 2.33. The molecule has 0 aliphatic rings. The molecule has 0 radical (unpaired) electrons. The topological polar surface area (TPSA) is 29.5 Å². The molecule has 0 saturated heterocycles. The van der Waals surface area contributed by atoms with Crippen molar-refractivity contribution in [3.63, 3.8) is 0 Å². The van der Waals surface area contributed by atoms with Crippen LogP contribution in [0.1, 0.15) is 12.5 Å². The van der Waals surface area contributed by atoms with Crippen molar-refractivity contribution >= 4 is 5.57 Å². The van der Waals surface area contributed by atoms with Crippen molar-refractivity contribution < 1.29 is 9.84 Å². The Labute approximate surface area is 72.1 Å². The Kier molecular flexibility index (Phi) is 2.38.